The van der Waals surface area contributed by atoms with Crippen LogP contribution in [0.4, 0.5) is 0 Å². The summed E-state index contributed by atoms with van der Waals surface area (Å²) >= 11 is 0. The summed E-state index contributed by atoms with van der Waals surface area (Å²) in [6.07, 6.45) is 2.11. The van der Waals surface area contributed by atoms with Gasteiger partial charge in [0.15, 0.2) is 0 Å². The van der Waals surface area contributed by atoms with E-state index in [9.17, 15) is 0 Å². The molecule has 0 bridgehead atoms. The van der Waals surface area contributed by atoms with Crippen molar-refractivity contribution in [1.29, 1.82) is 0 Å². The molecule has 21 heavy (non-hydrogen) atoms. The fraction of sp³-hybridized carbons (Fsp3) is 0.368. The summed E-state index contributed by atoms with van der Waals surface area (Å²) in [7, 11) is 1.71. The zero-order valence-corrected chi connectivity index (χ0v) is 13.2. The Balaban J connectivity index is 2.17. The number of benzene rings is 2. The van der Waals surface area contributed by atoms with Crippen LogP contribution in [0.2, 0.25) is 0 Å². The van der Waals surface area contributed by atoms with Gasteiger partial charge < -0.3 is 10.1 Å². The Morgan fingerprint density at radius 3 is 2.52 bits per heavy atom. The van der Waals surface area contributed by atoms with E-state index < -0.39 is 0 Å². The average Bonchev–Trinajstić information content (AvgIpc) is 2.52. The predicted molar refractivity (Wildman–Crippen MR) is 88.9 cm³/mol. The zero-order chi connectivity index (χ0) is 15.1. The molecule has 1 unspecified atom stereocenters. The van der Waals surface area contributed by atoms with Gasteiger partial charge in [-0.1, -0.05) is 48.9 Å². The summed E-state index contributed by atoms with van der Waals surface area (Å²) < 4.78 is 5.32. The Hall–Kier alpha value is -1.80. The van der Waals surface area contributed by atoms with Crippen LogP contribution < -0.4 is 10.1 Å². The van der Waals surface area contributed by atoms with Crippen molar-refractivity contribution in [3.63, 3.8) is 0 Å². The molecule has 0 aliphatic rings. The van der Waals surface area contributed by atoms with Crippen LogP contribution in [0.3, 0.4) is 0 Å². The van der Waals surface area contributed by atoms with Crippen molar-refractivity contribution in [2.75, 3.05) is 13.7 Å². The lowest BCUT2D eigenvalue weighted by molar-refractivity contribution is 0.413. The van der Waals surface area contributed by atoms with Crippen LogP contribution in [-0.2, 0) is 6.42 Å². The first-order valence-electron chi connectivity index (χ1n) is 7.65. The molecule has 0 amide bonds. The number of ether oxygens (including phenoxy) is 1. The van der Waals surface area contributed by atoms with E-state index in [1.165, 1.54) is 16.7 Å². The molecule has 2 rings (SSSR count). The van der Waals surface area contributed by atoms with Crippen molar-refractivity contribution < 1.29 is 4.74 Å². The van der Waals surface area contributed by atoms with Crippen LogP contribution >= 0.6 is 0 Å². The monoisotopic (exact) mass is 283 g/mol. The zero-order valence-electron chi connectivity index (χ0n) is 13.2. The number of hydrogen-bond donors (Lipinski definition) is 1. The van der Waals surface area contributed by atoms with E-state index in [2.05, 4.69) is 61.6 Å². The van der Waals surface area contributed by atoms with Gasteiger partial charge in [0.05, 0.1) is 7.11 Å². The van der Waals surface area contributed by atoms with Crippen molar-refractivity contribution >= 4 is 0 Å². The quantitative estimate of drug-likeness (QED) is 0.818. The normalized spacial score (nSPS) is 12.1. The Bertz CT molecular complexity index is 548. The molecular formula is C19H25NO. The highest BCUT2D eigenvalue weighted by atomic mass is 16.5. The third-order valence-corrected chi connectivity index (χ3v) is 3.69. The molecule has 0 spiro atoms. The highest BCUT2D eigenvalue weighted by Crippen LogP contribution is 2.21. The molecule has 0 radical (unpaired) electrons. The van der Waals surface area contributed by atoms with Gasteiger partial charge in [-0.25, -0.2) is 0 Å². The van der Waals surface area contributed by atoms with Crippen molar-refractivity contribution in [1.82, 2.24) is 5.32 Å². The molecule has 2 aromatic carbocycles. The molecule has 0 saturated carbocycles. The van der Waals surface area contributed by atoms with E-state index in [1.54, 1.807) is 7.11 Å². The van der Waals surface area contributed by atoms with Gasteiger partial charge in [0, 0.05) is 6.04 Å². The summed E-state index contributed by atoms with van der Waals surface area (Å²) in [5.74, 6) is 0.922. The van der Waals surface area contributed by atoms with Gasteiger partial charge in [-0.3, -0.25) is 0 Å². The predicted octanol–water partition coefficient (Wildman–Crippen LogP) is 4.29. The molecular weight excluding hydrogens is 258 g/mol. The number of aryl methyl sites for hydroxylation is 1. The second-order valence-corrected chi connectivity index (χ2v) is 5.47. The lowest BCUT2D eigenvalue weighted by atomic mass is 9.97. The summed E-state index contributed by atoms with van der Waals surface area (Å²) in [6.45, 7) is 5.35. The first kappa shape index (κ1) is 15.6. The first-order chi connectivity index (χ1) is 10.2. The van der Waals surface area contributed by atoms with Crippen LogP contribution in [0.25, 0.3) is 0 Å². The first-order valence-corrected chi connectivity index (χ1v) is 7.65. The van der Waals surface area contributed by atoms with Crippen LogP contribution in [0.5, 0.6) is 5.75 Å². The highest BCUT2D eigenvalue weighted by molar-refractivity contribution is 5.31. The molecule has 2 aromatic rings. The molecule has 1 N–H and O–H groups in total. The van der Waals surface area contributed by atoms with Crippen molar-refractivity contribution in [3.05, 3.63) is 65.2 Å². The van der Waals surface area contributed by atoms with Gasteiger partial charge in [0.2, 0.25) is 0 Å². The minimum atomic E-state index is 0.345. The van der Waals surface area contributed by atoms with Gasteiger partial charge in [-0.15, -0.1) is 0 Å². The lowest BCUT2D eigenvalue weighted by Gasteiger charge is -2.20. The Morgan fingerprint density at radius 2 is 1.86 bits per heavy atom. The number of hydrogen-bond acceptors (Lipinski definition) is 2. The van der Waals surface area contributed by atoms with E-state index in [0.717, 1.165) is 25.1 Å². The molecule has 0 fully saturated rings. The number of nitrogens with one attached hydrogen (secondary N) is 1. The third-order valence-electron chi connectivity index (χ3n) is 3.69. The van der Waals surface area contributed by atoms with Crippen LogP contribution in [0.15, 0.2) is 48.5 Å². The second-order valence-electron chi connectivity index (χ2n) is 5.47. The summed E-state index contributed by atoms with van der Waals surface area (Å²) in [5.41, 5.74) is 3.94. The maximum Gasteiger partial charge on any atom is 0.119 e. The Morgan fingerprint density at radius 1 is 1.10 bits per heavy atom. The molecule has 1 atom stereocenters. The topological polar surface area (TPSA) is 21.3 Å². The van der Waals surface area contributed by atoms with Crippen LogP contribution in [0.1, 0.15) is 36.1 Å². The second kappa shape index (κ2) is 7.84. The average molecular weight is 283 g/mol. The number of rotatable bonds is 7. The minimum absolute atomic E-state index is 0.345. The highest BCUT2D eigenvalue weighted by Gasteiger charge is 2.11. The Kier molecular flexibility index (Phi) is 5.82. The fourth-order valence-electron chi connectivity index (χ4n) is 2.46. The van der Waals surface area contributed by atoms with Crippen molar-refractivity contribution in [2.24, 2.45) is 0 Å². The molecule has 0 aliphatic carbocycles. The van der Waals surface area contributed by atoms with Crippen molar-refractivity contribution in [2.45, 2.75) is 32.7 Å². The van der Waals surface area contributed by atoms with E-state index in [1.807, 2.05) is 6.07 Å². The molecule has 2 nitrogen and oxygen atoms in total. The Labute approximate surface area is 128 Å². The summed E-state index contributed by atoms with van der Waals surface area (Å²) in [6, 6.07) is 17.5. The van der Waals surface area contributed by atoms with Crippen LogP contribution in [0, 0.1) is 6.92 Å². The molecule has 0 heterocycles. The molecule has 0 aliphatic heterocycles. The molecule has 2 heteroatoms. The van der Waals surface area contributed by atoms with Gasteiger partial charge in [-0.05, 0) is 49.6 Å². The van der Waals surface area contributed by atoms with Crippen molar-refractivity contribution in [3.8, 4) is 5.75 Å². The van der Waals surface area contributed by atoms with Crippen LogP contribution in [-0.4, -0.2) is 13.7 Å². The maximum absolute atomic E-state index is 5.32. The van der Waals surface area contributed by atoms with E-state index in [0.29, 0.717) is 6.04 Å². The molecule has 0 aromatic heterocycles. The van der Waals surface area contributed by atoms with Gasteiger partial charge in [-0.2, -0.15) is 0 Å². The van der Waals surface area contributed by atoms with E-state index in [4.69, 9.17) is 4.74 Å². The largest absolute Gasteiger partial charge is 0.497 e. The standard InChI is InChI=1S/C19H25NO/c1-4-12-20-19(17-10-8-15(2)9-11-17)14-16-6-5-7-18(13-16)21-3/h5-11,13,19-20H,4,12,14H2,1-3H3. The SMILES string of the molecule is CCCNC(Cc1cccc(OC)c1)c1ccc(C)cc1. The fourth-order valence-corrected chi connectivity index (χ4v) is 2.46. The van der Waals surface area contributed by atoms with Gasteiger partial charge >= 0.3 is 0 Å². The number of methoxy groups -OCH3 is 1. The molecule has 0 saturated heterocycles. The third kappa shape index (κ3) is 4.61. The van der Waals surface area contributed by atoms with Gasteiger partial charge in [0.1, 0.15) is 5.75 Å². The van der Waals surface area contributed by atoms with Gasteiger partial charge in [0.25, 0.3) is 0 Å². The minimum Gasteiger partial charge on any atom is -0.497 e. The molecule has 112 valence electrons. The summed E-state index contributed by atoms with van der Waals surface area (Å²) in [4.78, 5) is 0. The van der Waals surface area contributed by atoms with E-state index >= 15 is 0 Å². The lowest BCUT2D eigenvalue weighted by Crippen LogP contribution is -2.24. The summed E-state index contributed by atoms with van der Waals surface area (Å²) in [5, 5.41) is 3.65. The maximum atomic E-state index is 5.32. The van der Waals surface area contributed by atoms with E-state index in [-0.39, 0.29) is 0 Å². The smallest absolute Gasteiger partial charge is 0.119 e.